The van der Waals surface area contributed by atoms with Gasteiger partial charge in [0, 0.05) is 24.7 Å². The normalized spacial score (nSPS) is 20.4. The topological polar surface area (TPSA) is 49.4 Å². The Hall–Kier alpha value is -2.76. The maximum atomic E-state index is 14.3. The number of anilines is 1. The standard InChI is InChI=1S/C19H18F2N2O2/c1-23-17(24)11-10-15(18(23)14-4-2-3-5-16(14)21)19(25)22-13-8-6-12(20)7-9-13/h2-9,15,18H,10-11H2,1H3,(H,22,25). The Kier molecular flexibility index (Phi) is 4.79. The summed E-state index contributed by atoms with van der Waals surface area (Å²) in [6, 6.07) is 10.9. The van der Waals surface area contributed by atoms with Crippen molar-refractivity contribution in [2.24, 2.45) is 5.92 Å². The third-order valence-corrected chi connectivity index (χ3v) is 4.53. The molecule has 130 valence electrons. The van der Waals surface area contributed by atoms with Crippen molar-refractivity contribution in [1.82, 2.24) is 4.90 Å². The van der Waals surface area contributed by atoms with Gasteiger partial charge in [0.1, 0.15) is 11.6 Å². The van der Waals surface area contributed by atoms with Gasteiger partial charge in [0.2, 0.25) is 11.8 Å². The minimum absolute atomic E-state index is 0.126. The summed E-state index contributed by atoms with van der Waals surface area (Å²) in [5.74, 6) is -1.89. The Bertz CT molecular complexity index is 792. The second-order valence-electron chi connectivity index (χ2n) is 6.11. The van der Waals surface area contributed by atoms with Crippen molar-refractivity contribution in [3.63, 3.8) is 0 Å². The van der Waals surface area contributed by atoms with Crippen LogP contribution in [0.15, 0.2) is 48.5 Å². The smallest absolute Gasteiger partial charge is 0.229 e. The fourth-order valence-electron chi connectivity index (χ4n) is 3.22. The minimum Gasteiger partial charge on any atom is -0.338 e. The Morgan fingerprint density at radius 2 is 1.80 bits per heavy atom. The van der Waals surface area contributed by atoms with Crippen LogP contribution in [0, 0.1) is 17.6 Å². The van der Waals surface area contributed by atoms with Crippen LogP contribution in [0.2, 0.25) is 0 Å². The molecule has 0 bridgehead atoms. The Balaban J connectivity index is 1.89. The van der Waals surface area contributed by atoms with E-state index >= 15 is 0 Å². The van der Waals surface area contributed by atoms with E-state index in [1.807, 2.05) is 0 Å². The highest BCUT2D eigenvalue weighted by molar-refractivity contribution is 5.94. The van der Waals surface area contributed by atoms with E-state index in [0.717, 1.165) is 0 Å². The molecule has 2 unspecified atom stereocenters. The number of hydrogen-bond acceptors (Lipinski definition) is 2. The molecule has 3 rings (SSSR count). The van der Waals surface area contributed by atoms with Crippen molar-refractivity contribution < 1.29 is 18.4 Å². The van der Waals surface area contributed by atoms with Crippen LogP contribution in [0.5, 0.6) is 0 Å². The number of hydrogen-bond donors (Lipinski definition) is 1. The van der Waals surface area contributed by atoms with Crippen LogP contribution in [0.25, 0.3) is 0 Å². The van der Waals surface area contributed by atoms with Crippen molar-refractivity contribution in [1.29, 1.82) is 0 Å². The first kappa shape index (κ1) is 17.1. The Morgan fingerprint density at radius 3 is 2.48 bits per heavy atom. The molecular weight excluding hydrogens is 326 g/mol. The highest BCUT2D eigenvalue weighted by Gasteiger charge is 2.40. The average Bonchev–Trinajstić information content (AvgIpc) is 2.60. The van der Waals surface area contributed by atoms with E-state index in [1.165, 1.54) is 35.2 Å². The number of benzene rings is 2. The summed E-state index contributed by atoms with van der Waals surface area (Å²) < 4.78 is 27.3. The molecule has 4 nitrogen and oxygen atoms in total. The van der Waals surface area contributed by atoms with Crippen LogP contribution in [0.3, 0.4) is 0 Å². The van der Waals surface area contributed by atoms with Crippen LogP contribution < -0.4 is 5.32 Å². The number of carbonyl (C=O) groups excluding carboxylic acids is 2. The van der Waals surface area contributed by atoms with Gasteiger partial charge in [0.05, 0.1) is 12.0 Å². The Labute approximate surface area is 144 Å². The molecule has 0 spiro atoms. The summed E-state index contributed by atoms with van der Waals surface area (Å²) in [5, 5.41) is 2.73. The van der Waals surface area contributed by atoms with E-state index in [-0.39, 0.29) is 18.2 Å². The van der Waals surface area contributed by atoms with Crippen molar-refractivity contribution in [2.75, 3.05) is 12.4 Å². The lowest BCUT2D eigenvalue weighted by molar-refractivity contribution is -0.140. The molecule has 0 saturated carbocycles. The molecular formula is C19H18F2N2O2. The first-order valence-corrected chi connectivity index (χ1v) is 8.04. The molecule has 0 radical (unpaired) electrons. The number of halogens is 2. The number of carbonyl (C=O) groups is 2. The SMILES string of the molecule is CN1C(=O)CCC(C(=O)Nc2ccc(F)cc2)C1c1ccccc1F. The van der Waals surface area contributed by atoms with Gasteiger partial charge in [-0.15, -0.1) is 0 Å². The summed E-state index contributed by atoms with van der Waals surface area (Å²) >= 11 is 0. The molecule has 0 aromatic heterocycles. The van der Waals surface area contributed by atoms with Gasteiger partial charge in [0.15, 0.2) is 0 Å². The van der Waals surface area contributed by atoms with E-state index in [9.17, 15) is 18.4 Å². The highest BCUT2D eigenvalue weighted by atomic mass is 19.1. The van der Waals surface area contributed by atoms with Crippen molar-refractivity contribution in [3.05, 3.63) is 65.7 Å². The van der Waals surface area contributed by atoms with Crippen molar-refractivity contribution in [2.45, 2.75) is 18.9 Å². The van der Waals surface area contributed by atoms with Gasteiger partial charge in [-0.25, -0.2) is 8.78 Å². The highest BCUT2D eigenvalue weighted by Crippen LogP contribution is 2.37. The lowest BCUT2D eigenvalue weighted by Crippen LogP contribution is -2.44. The Morgan fingerprint density at radius 1 is 1.12 bits per heavy atom. The minimum atomic E-state index is -0.678. The van der Waals surface area contributed by atoms with E-state index in [4.69, 9.17) is 0 Å². The van der Waals surface area contributed by atoms with Gasteiger partial charge in [0.25, 0.3) is 0 Å². The third kappa shape index (κ3) is 3.52. The molecule has 1 aliphatic rings. The molecule has 0 aliphatic carbocycles. The lowest BCUT2D eigenvalue weighted by atomic mass is 9.83. The summed E-state index contributed by atoms with van der Waals surface area (Å²) in [7, 11) is 1.58. The van der Waals surface area contributed by atoms with Gasteiger partial charge in [-0.05, 0) is 36.8 Å². The molecule has 1 heterocycles. The monoisotopic (exact) mass is 344 g/mol. The fourth-order valence-corrected chi connectivity index (χ4v) is 3.22. The molecule has 1 N–H and O–H groups in total. The van der Waals surface area contributed by atoms with Crippen LogP contribution >= 0.6 is 0 Å². The first-order chi connectivity index (χ1) is 12.0. The molecule has 2 atom stereocenters. The van der Waals surface area contributed by atoms with Crippen molar-refractivity contribution >= 4 is 17.5 Å². The van der Waals surface area contributed by atoms with Gasteiger partial charge in [-0.3, -0.25) is 9.59 Å². The van der Waals surface area contributed by atoms with Gasteiger partial charge < -0.3 is 10.2 Å². The van der Waals surface area contributed by atoms with Gasteiger partial charge in [-0.2, -0.15) is 0 Å². The summed E-state index contributed by atoms with van der Waals surface area (Å²) in [6.07, 6.45) is 0.554. The number of likely N-dealkylation sites (tertiary alicyclic amines) is 1. The van der Waals surface area contributed by atoms with Gasteiger partial charge >= 0.3 is 0 Å². The maximum Gasteiger partial charge on any atom is 0.229 e. The number of amides is 2. The van der Waals surface area contributed by atoms with Crippen molar-refractivity contribution in [3.8, 4) is 0 Å². The zero-order valence-electron chi connectivity index (χ0n) is 13.7. The third-order valence-electron chi connectivity index (χ3n) is 4.53. The predicted molar refractivity (Wildman–Crippen MR) is 89.7 cm³/mol. The molecule has 2 amide bonds. The number of piperidine rings is 1. The number of nitrogens with zero attached hydrogens (tertiary/aromatic N) is 1. The summed E-state index contributed by atoms with van der Waals surface area (Å²) in [4.78, 5) is 26.2. The van der Waals surface area contributed by atoms with Crippen LogP contribution in [0.4, 0.5) is 14.5 Å². The molecule has 1 saturated heterocycles. The van der Waals surface area contributed by atoms with E-state index in [2.05, 4.69) is 5.32 Å². The maximum absolute atomic E-state index is 14.3. The van der Waals surface area contributed by atoms with Gasteiger partial charge in [-0.1, -0.05) is 18.2 Å². The average molecular weight is 344 g/mol. The predicted octanol–water partition coefficient (Wildman–Crippen LogP) is 3.51. The summed E-state index contributed by atoms with van der Waals surface area (Å²) in [5.41, 5.74) is 0.774. The molecule has 6 heteroatoms. The van der Waals surface area contributed by atoms with Crippen LogP contribution in [-0.2, 0) is 9.59 Å². The number of rotatable bonds is 3. The van der Waals surface area contributed by atoms with E-state index in [1.54, 1.807) is 25.2 Å². The molecule has 1 fully saturated rings. The lowest BCUT2D eigenvalue weighted by Gasteiger charge is -2.38. The van der Waals surface area contributed by atoms with E-state index < -0.39 is 23.6 Å². The molecule has 2 aromatic rings. The molecule has 2 aromatic carbocycles. The zero-order valence-corrected chi connectivity index (χ0v) is 13.7. The van der Waals surface area contributed by atoms with Crippen LogP contribution in [0.1, 0.15) is 24.4 Å². The number of nitrogens with one attached hydrogen (secondary N) is 1. The fraction of sp³-hybridized carbons (Fsp3) is 0.263. The molecule has 1 aliphatic heterocycles. The second kappa shape index (κ2) is 7.01. The first-order valence-electron chi connectivity index (χ1n) is 8.04. The largest absolute Gasteiger partial charge is 0.338 e. The molecule has 25 heavy (non-hydrogen) atoms. The summed E-state index contributed by atoms with van der Waals surface area (Å²) in [6.45, 7) is 0. The quantitative estimate of drug-likeness (QED) is 0.926. The van der Waals surface area contributed by atoms with Crippen LogP contribution in [-0.4, -0.2) is 23.8 Å². The second-order valence-corrected chi connectivity index (χ2v) is 6.11. The van der Waals surface area contributed by atoms with E-state index in [0.29, 0.717) is 17.7 Å². The zero-order chi connectivity index (χ0) is 18.0.